The molecule has 3 atom stereocenters. The molecule has 0 radical (unpaired) electrons. The summed E-state index contributed by atoms with van der Waals surface area (Å²) in [5, 5.41) is 6.59. The first-order chi connectivity index (χ1) is 14.6. The molecule has 0 aliphatic heterocycles. The lowest BCUT2D eigenvalue weighted by molar-refractivity contribution is 0.102. The number of anilines is 1. The maximum absolute atomic E-state index is 12.6. The fourth-order valence-electron chi connectivity index (χ4n) is 3.87. The summed E-state index contributed by atoms with van der Waals surface area (Å²) in [7, 11) is 1.73. The first-order valence-corrected chi connectivity index (χ1v) is 10.5. The molecule has 1 unspecified atom stereocenters. The number of amides is 1. The summed E-state index contributed by atoms with van der Waals surface area (Å²) in [5.74, 6) is 0.446. The summed E-state index contributed by atoms with van der Waals surface area (Å²) in [6.45, 7) is 2.87. The van der Waals surface area contributed by atoms with Crippen LogP contribution < -0.4 is 10.6 Å². The van der Waals surface area contributed by atoms with Crippen LogP contribution in [0.4, 0.5) is 5.69 Å². The van der Waals surface area contributed by atoms with Crippen molar-refractivity contribution in [3.8, 4) is 11.1 Å². The van der Waals surface area contributed by atoms with Crippen LogP contribution in [0.25, 0.3) is 11.1 Å². The van der Waals surface area contributed by atoms with Gasteiger partial charge in [-0.1, -0.05) is 54.6 Å². The topological polar surface area (TPSA) is 50.4 Å². The minimum Gasteiger partial charge on any atom is -0.383 e. The van der Waals surface area contributed by atoms with E-state index in [0.717, 1.165) is 29.8 Å². The summed E-state index contributed by atoms with van der Waals surface area (Å²) in [5.41, 5.74) is 5.02. The average molecular weight is 401 g/mol. The Hall–Kier alpha value is -2.95. The lowest BCUT2D eigenvalue weighted by Crippen LogP contribution is -2.32. The number of carbonyl (C=O) groups is 1. The van der Waals surface area contributed by atoms with Crippen LogP contribution in [-0.2, 0) is 4.74 Å². The SMILES string of the molecule is COCC(C)N[C@@H]1C[C@H]1c1ccc(NC(=O)c2ccc(-c3ccccc3)cc2)cc1. The third-order valence-electron chi connectivity index (χ3n) is 5.56. The number of ether oxygens (including phenoxy) is 1. The quantitative estimate of drug-likeness (QED) is 0.554. The van der Waals surface area contributed by atoms with E-state index in [-0.39, 0.29) is 5.91 Å². The molecule has 1 saturated carbocycles. The molecule has 4 heteroatoms. The molecular weight excluding hydrogens is 372 g/mol. The molecule has 4 nitrogen and oxygen atoms in total. The van der Waals surface area contributed by atoms with Crippen molar-refractivity contribution in [3.63, 3.8) is 0 Å². The summed E-state index contributed by atoms with van der Waals surface area (Å²) in [4.78, 5) is 12.6. The van der Waals surface area contributed by atoms with Gasteiger partial charge in [-0.15, -0.1) is 0 Å². The largest absolute Gasteiger partial charge is 0.383 e. The standard InChI is InChI=1S/C26H28N2O2/c1-18(17-30-2)27-25-16-24(25)21-12-14-23(15-13-21)28-26(29)22-10-8-20(9-11-22)19-6-4-3-5-7-19/h3-15,18,24-25,27H,16-17H2,1-2H3,(H,28,29)/t18?,24-,25+/m0/s1. The van der Waals surface area contributed by atoms with E-state index in [2.05, 4.69) is 41.8 Å². The van der Waals surface area contributed by atoms with E-state index in [1.807, 2.05) is 54.6 Å². The van der Waals surface area contributed by atoms with E-state index < -0.39 is 0 Å². The molecule has 154 valence electrons. The monoisotopic (exact) mass is 400 g/mol. The summed E-state index contributed by atoms with van der Waals surface area (Å²) < 4.78 is 5.19. The highest BCUT2D eigenvalue weighted by atomic mass is 16.5. The van der Waals surface area contributed by atoms with Crippen molar-refractivity contribution < 1.29 is 9.53 Å². The lowest BCUT2D eigenvalue weighted by Gasteiger charge is -2.12. The highest BCUT2D eigenvalue weighted by Crippen LogP contribution is 2.41. The Kier molecular flexibility index (Phi) is 6.26. The zero-order valence-corrected chi connectivity index (χ0v) is 17.5. The maximum atomic E-state index is 12.6. The molecule has 0 bridgehead atoms. The van der Waals surface area contributed by atoms with Gasteiger partial charge in [0.1, 0.15) is 0 Å². The maximum Gasteiger partial charge on any atom is 0.255 e. The Balaban J connectivity index is 1.33. The van der Waals surface area contributed by atoms with Crippen LogP contribution in [0.1, 0.15) is 35.2 Å². The molecule has 1 amide bonds. The van der Waals surface area contributed by atoms with Gasteiger partial charge in [-0.2, -0.15) is 0 Å². The first kappa shape index (κ1) is 20.3. The van der Waals surface area contributed by atoms with Crippen LogP contribution >= 0.6 is 0 Å². The van der Waals surface area contributed by atoms with E-state index in [4.69, 9.17) is 4.74 Å². The van der Waals surface area contributed by atoms with Crippen LogP contribution in [0.3, 0.4) is 0 Å². The van der Waals surface area contributed by atoms with Crippen LogP contribution in [0.5, 0.6) is 0 Å². The van der Waals surface area contributed by atoms with Crippen LogP contribution in [0, 0.1) is 0 Å². The molecule has 30 heavy (non-hydrogen) atoms. The smallest absolute Gasteiger partial charge is 0.255 e. The molecule has 3 aromatic rings. The highest BCUT2D eigenvalue weighted by molar-refractivity contribution is 6.04. The van der Waals surface area contributed by atoms with Crippen molar-refractivity contribution in [2.45, 2.75) is 31.3 Å². The zero-order chi connectivity index (χ0) is 20.9. The van der Waals surface area contributed by atoms with Crippen molar-refractivity contribution in [1.29, 1.82) is 0 Å². The third kappa shape index (κ3) is 4.96. The number of rotatable bonds is 8. The number of hydrogen-bond donors (Lipinski definition) is 2. The molecule has 2 N–H and O–H groups in total. The van der Waals surface area contributed by atoms with Gasteiger partial charge in [0.2, 0.25) is 0 Å². The number of carbonyl (C=O) groups excluding carboxylic acids is 1. The Morgan fingerprint density at radius 2 is 1.63 bits per heavy atom. The molecular formula is C26H28N2O2. The Morgan fingerprint density at radius 1 is 0.967 bits per heavy atom. The molecule has 1 fully saturated rings. The Labute approximate surface area is 178 Å². The van der Waals surface area contributed by atoms with Gasteiger partial charge in [-0.05, 0) is 54.3 Å². The van der Waals surface area contributed by atoms with Crippen LogP contribution in [0.2, 0.25) is 0 Å². The van der Waals surface area contributed by atoms with Gasteiger partial charge in [-0.25, -0.2) is 0 Å². The predicted molar refractivity (Wildman–Crippen MR) is 122 cm³/mol. The number of methoxy groups -OCH3 is 1. The third-order valence-corrected chi connectivity index (χ3v) is 5.56. The summed E-state index contributed by atoms with van der Waals surface area (Å²) in [6, 6.07) is 26.9. The van der Waals surface area contributed by atoms with Gasteiger partial charge < -0.3 is 15.4 Å². The second kappa shape index (κ2) is 9.24. The number of hydrogen-bond acceptors (Lipinski definition) is 3. The van der Waals surface area contributed by atoms with E-state index in [1.54, 1.807) is 7.11 Å². The van der Waals surface area contributed by atoms with Crippen molar-refractivity contribution in [2.24, 2.45) is 0 Å². The summed E-state index contributed by atoms with van der Waals surface area (Å²) in [6.07, 6.45) is 1.15. The number of nitrogens with one attached hydrogen (secondary N) is 2. The van der Waals surface area contributed by atoms with Gasteiger partial charge >= 0.3 is 0 Å². The van der Waals surface area contributed by atoms with Gasteiger partial charge in [-0.3, -0.25) is 4.79 Å². The van der Waals surface area contributed by atoms with Gasteiger partial charge in [0, 0.05) is 36.4 Å². The minimum atomic E-state index is -0.0956. The van der Waals surface area contributed by atoms with E-state index in [0.29, 0.717) is 23.6 Å². The zero-order valence-electron chi connectivity index (χ0n) is 17.5. The van der Waals surface area contributed by atoms with Crippen LogP contribution in [-0.4, -0.2) is 31.7 Å². The Bertz CT molecular complexity index is 968. The first-order valence-electron chi connectivity index (χ1n) is 10.5. The minimum absolute atomic E-state index is 0.0956. The van der Waals surface area contributed by atoms with Crippen molar-refractivity contribution in [1.82, 2.24) is 5.32 Å². The fraction of sp³-hybridized carbons (Fsp3) is 0.269. The van der Waals surface area contributed by atoms with Gasteiger partial charge in [0.25, 0.3) is 5.91 Å². The molecule has 1 aliphatic carbocycles. The lowest BCUT2D eigenvalue weighted by atomic mass is 10.0. The summed E-state index contributed by atoms with van der Waals surface area (Å²) >= 11 is 0. The van der Waals surface area contributed by atoms with Crippen molar-refractivity contribution in [3.05, 3.63) is 90.0 Å². The van der Waals surface area contributed by atoms with E-state index in [1.165, 1.54) is 5.56 Å². The average Bonchev–Trinajstić information content (AvgIpc) is 3.54. The second-order valence-corrected chi connectivity index (χ2v) is 7.99. The Morgan fingerprint density at radius 3 is 2.30 bits per heavy atom. The molecule has 3 aromatic carbocycles. The van der Waals surface area contributed by atoms with Crippen molar-refractivity contribution >= 4 is 11.6 Å². The molecule has 0 spiro atoms. The molecule has 0 aromatic heterocycles. The molecule has 4 rings (SSSR count). The number of benzene rings is 3. The second-order valence-electron chi connectivity index (χ2n) is 7.99. The predicted octanol–water partition coefficient (Wildman–Crippen LogP) is 5.09. The van der Waals surface area contributed by atoms with E-state index in [9.17, 15) is 4.79 Å². The highest BCUT2D eigenvalue weighted by Gasteiger charge is 2.38. The normalized spacial score (nSPS) is 18.6. The fourth-order valence-corrected chi connectivity index (χ4v) is 3.87. The van der Waals surface area contributed by atoms with Gasteiger partial charge in [0.05, 0.1) is 6.61 Å². The molecule has 0 heterocycles. The molecule has 1 aliphatic rings. The van der Waals surface area contributed by atoms with Gasteiger partial charge in [0.15, 0.2) is 0 Å². The van der Waals surface area contributed by atoms with Crippen LogP contribution in [0.15, 0.2) is 78.9 Å². The van der Waals surface area contributed by atoms with Crippen molar-refractivity contribution in [2.75, 3.05) is 19.0 Å². The van der Waals surface area contributed by atoms with E-state index >= 15 is 0 Å². The molecule has 0 saturated heterocycles.